The number of rotatable bonds is 6. The highest BCUT2D eigenvalue weighted by molar-refractivity contribution is 6.30. The standard InChI is InChI=1S/C16H25BClNO2/c1-3-9-16(20,13-6-4-8-15(18)11-13)14-7-5-10-19(12-14)17-21-2/h4,6,8,11,14,17,20H,3,5,7,9-10,12H2,1-2H3/t14-,16+/m1/s1. The van der Waals surface area contributed by atoms with Crippen molar-refractivity contribution < 1.29 is 9.76 Å². The molecule has 0 saturated carbocycles. The van der Waals surface area contributed by atoms with Gasteiger partial charge in [-0.3, -0.25) is 0 Å². The van der Waals surface area contributed by atoms with Crippen LogP contribution in [-0.4, -0.2) is 37.7 Å². The molecule has 0 bridgehead atoms. The van der Waals surface area contributed by atoms with Crippen molar-refractivity contribution in [3.63, 3.8) is 0 Å². The van der Waals surface area contributed by atoms with E-state index in [9.17, 15) is 5.11 Å². The van der Waals surface area contributed by atoms with Gasteiger partial charge < -0.3 is 14.6 Å². The molecule has 1 aliphatic rings. The molecule has 2 rings (SSSR count). The fourth-order valence-electron chi connectivity index (χ4n) is 3.47. The van der Waals surface area contributed by atoms with Gasteiger partial charge in [-0.25, -0.2) is 0 Å². The van der Waals surface area contributed by atoms with E-state index in [0.717, 1.165) is 44.3 Å². The van der Waals surface area contributed by atoms with E-state index >= 15 is 0 Å². The summed E-state index contributed by atoms with van der Waals surface area (Å²) in [7, 11) is 2.35. The van der Waals surface area contributed by atoms with Gasteiger partial charge in [0.05, 0.1) is 5.60 Å². The maximum Gasteiger partial charge on any atom is 0.363 e. The van der Waals surface area contributed by atoms with Gasteiger partial charge >= 0.3 is 7.62 Å². The topological polar surface area (TPSA) is 32.7 Å². The number of piperidine rings is 1. The summed E-state index contributed by atoms with van der Waals surface area (Å²) in [5.74, 6) is 0.222. The van der Waals surface area contributed by atoms with Crippen molar-refractivity contribution in [2.24, 2.45) is 5.92 Å². The third-order valence-corrected chi connectivity index (χ3v) is 4.68. The summed E-state index contributed by atoms with van der Waals surface area (Å²) in [6.45, 7) is 4.03. The van der Waals surface area contributed by atoms with Crippen molar-refractivity contribution in [1.29, 1.82) is 0 Å². The number of hydrogen-bond acceptors (Lipinski definition) is 3. The predicted molar refractivity (Wildman–Crippen MR) is 88.7 cm³/mol. The molecular formula is C16H25BClNO2. The zero-order valence-corrected chi connectivity index (χ0v) is 13.8. The van der Waals surface area contributed by atoms with E-state index in [1.807, 2.05) is 24.3 Å². The third kappa shape index (κ3) is 4.01. The minimum absolute atomic E-state index is 0.222. The first-order chi connectivity index (χ1) is 10.1. The first-order valence-electron chi connectivity index (χ1n) is 7.80. The molecule has 0 spiro atoms. The predicted octanol–water partition coefficient (Wildman–Crippen LogP) is 2.95. The van der Waals surface area contributed by atoms with Crippen LogP contribution >= 0.6 is 11.6 Å². The van der Waals surface area contributed by atoms with E-state index < -0.39 is 5.60 Å². The van der Waals surface area contributed by atoms with E-state index in [2.05, 4.69) is 11.7 Å². The van der Waals surface area contributed by atoms with Crippen LogP contribution in [0.15, 0.2) is 24.3 Å². The van der Waals surface area contributed by atoms with Crippen LogP contribution in [0.5, 0.6) is 0 Å². The molecule has 2 atom stereocenters. The third-order valence-electron chi connectivity index (χ3n) is 4.45. The maximum absolute atomic E-state index is 11.4. The summed E-state index contributed by atoms with van der Waals surface area (Å²) in [5.41, 5.74) is 0.146. The van der Waals surface area contributed by atoms with Gasteiger partial charge in [0.2, 0.25) is 0 Å². The quantitative estimate of drug-likeness (QED) is 0.820. The van der Waals surface area contributed by atoms with E-state index in [1.165, 1.54) is 0 Å². The Kier molecular flexibility index (Phi) is 6.12. The molecular weight excluding hydrogens is 284 g/mol. The van der Waals surface area contributed by atoms with Crippen molar-refractivity contribution >= 4 is 19.2 Å². The molecule has 0 radical (unpaired) electrons. The van der Waals surface area contributed by atoms with Crippen LogP contribution in [0.4, 0.5) is 0 Å². The van der Waals surface area contributed by atoms with Gasteiger partial charge in [-0.2, -0.15) is 0 Å². The first kappa shape index (κ1) is 16.8. The lowest BCUT2D eigenvalue weighted by Gasteiger charge is -2.42. The molecule has 116 valence electrons. The van der Waals surface area contributed by atoms with Crippen LogP contribution in [0.2, 0.25) is 5.02 Å². The SMILES string of the molecule is CCC[C@](O)(c1cccc(Cl)c1)[C@@H]1CCCN(BOC)C1. The number of aliphatic hydroxyl groups is 1. The van der Waals surface area contributed by atoms with E-state index in [0.29, 0.717) is 12.6 Å². The minimum Gasteiger partial charge on any atom is -0.427 e. The molecule has 1 aliphatic heterocycles. The van der Waals surface area contributed by atoms with Crippen molar-refractivity contribution in [1.82, 2.24) is 4.81 Å². The summed E-state index contributed by atoms with van der Waals surface area (Å²) in [4.78, 5) is 2.28. The summed E-state index contributed by atoms with van der Waals surface area (Å²) < 4.78 is 5.25. The Labute approximate surface area is 133 Å². The molecule has 1 aromatic rings. The molecule has 0 unspecified atom stereocenters. The lowest BCUT2D eigenvalue weighted by Crippen LogP contribution is -2.47. The summed E-state index contributed by atoms with van der Waals surface area (Å²) in [6.07, 6.45) is 3.85. The van der Waals surface area contributed by atoms with Gasteiger partial charge in [0, 0.05) is 18.1 Å². The average molecular weight is 310 g/mol. The van der Waals surface area contributed by atoms with Crippen molar-refractivity contribution in [3.8, 4) is 0 Å². The highest BCUT2D eigenvalue weighted by Gasteiger charge is 2.39. The van der Waals surface area contributed by atoms with E-state index in [4.69, 9.17) is 16.3 Å². The molecule has 1 N–H and O–H groups in total. The normalized spacial score (nSPS) is 22.8. The Morgan fingerprint density at radius 3 is 3.00 bits per heavy atom. The monoisotopic (exact) mass is 309 g/mol. The van der Waals surface area contributed by atoms with Gasteiger partial charge in [-0.1, -0.05) is 37.1 Å². The van der Waals surface area contributed by atoms with Crippen molar-refractivity contribution in [3.05, 3.63) is 34.9 Å². The van der Waals surface area contributed by atoms with Gasteiger partial charge in [-0.15, -0.1) is 0 Å². The number of benzene rings is 1. The molecule has 0 aliphatic carbocycles. The molecule has 21 heavy (non-hydrogen) atoms. The highest BCUT2D eigenvalue weighted by atomic mass is 35.5. The van der Waals surface area contributed by atoms with Gasteiger partial charge in [0.25, 0.3) is 0 Å². The van der Waals surface area contributed by atoms with Crippen LogP contribution in [-0.2, 0) is 10.3 Å². The smallest absolute Gasteiger partial charge is 0.363 e. The number of nitrogens with zero attached hydrogens (tertiary/aromatic N) is 1. The first-order valence-corrected chi connectivity index (χ1v) is 8.17. The lowest BCUT2D eigenvalue weighted by molar-refractivity contribution is -0.0519. The van der Waals surface area contributed by atoms with Gasteiger partial charge in [-0.05, 0) is 50.0 Å². The summed E-state index contributed by atoms with van der Waals surface area (Å²) in [6, 6.07) is 7.69. The van der Waals surface area contributed by atoms with Crippen LogP contribution in [0.3, 0.4) is 0 Å². The van der Waals surface area contributed by atoms with Crippen LogP contribution in [0.1, 0.15) is 38.2 Å². The average Bonchev–Trinajstić information content (AvgIpc) is 2.48. The number of halogens is 1. The zero-order chi connectivity index (χ0) is 15.3. The highest BCUT2D eigenvalue weighted by Crippen LogP contribution is 2.39. The molecule has 5 heteroatoms. The Balaban J connectivity index is 2.24. The summed E-state index contributed by atoms with van der Waals surface area (Å²) in [5, 5.41) is 12.1. The van der Waals surface area contributed by atoms with Crippen molar-refractivity contribution in [2.75, 3.05) is 20.2 Å². The Bertz CT molecular complexity index is 458. The zero-order valence-electron chi connectivity index (χ0n) is 13.0. The van der Waals surface area contributed by atoms with Gasteiger partial charge in [0.1, 0.15) is 0 Å². The second-order valence-electron chi connectivity index (χ2n) is 6.02. The van der Waals surface area contributed by atoms with Crippen LogP contribution in [0.25, 0.3) is 0 Å². The Morgan fingerprint density at radius 2 is 2.33 bits per heavy atom. The molecule has 1 fully saturated rings. The molecule has 3 nitrogen and oxygen atoms in total. The van der Waals surface area contributed by atoms with E-state index in [-0.39, 0.29) is 5.92 Å². The molecule has 1 saturated heterocycles. The van der Waals surface area contributed by atoms with Gasteiger partial charge in [0.15, 0.2) is 0 Å². The lowest BCUT2D eigenvalue weighted by atomic mass is 9.73. The molecule has 0 aromatic heterocycles. The van der Waals surface area contributed by atoms with E-state index in [1.54, 1.807) is 7.11 Å². The fourth-order valence-corrected chi connectivity index (χ4v) is 3.66. The van der Waals surface area contributed by atoms with Crippen LogP contribution in [0, 0.1) is 5.92 Å². The number of hydrogen-bond donors (Lipinski definition) is 1. The second-order valence-corrected chi connectivity index (χ2v) is 6.45. The Morgan fingerprint density at radius 1 is 1.52 bits per heavy atom. The Hall–Kier alpha value is -0.545. The maximum atomic E-state index is 11.4. The molecule has 1 heterocycles. The van der Waals surface area contributed by atoms with Crippen molar-refractivity contribution in [2.45, 2.75) is 38.2 Å². The largest absolute Gasteiger partial charge is 0.427 e. The second kappa shape index (κ2) is 7.64. The van der Waals surface area contributed by atoms with Crippen LogP contribution < -0.4 is 0 Å². The minimum atomic E-state index is -0.800. The molecule has 0 amide bonds. The molecule has 1 aromatic carbocycles. The summed E-state index contributed by atoms with van der Waals surface area (Å²) >= 11 is 6.13. The fraction of sp³-hybridized carbons (Fsp3) is 0.625.